The van der Waals surface area contributed by atoms with Crippen molar-refractivity contribution in [2.24, 2.45) is 0 Å². The fourth-order valence-electron chi connectivity index (χ4n) is 0.655. The highest BCUT2D eigenvalue weighted by Crippen LogP contribution is 1.97. The van der Waals surface area contributed by atoms with E-state index in [1.165, 1.54) is 5.56 Å². The molecule has 14 heavy (non-hydrogen) atoms. The second kappa shape index (κ2) is 8.08. The first-order valence-corrected chi connectivity index (χ1v) is 4.23. The Morgan fingerprint density at radius 3 is 2.07 bits per heavy atom. The van der Waals surface area contributed by atoms with Crippen molar-refractivity contribution < 1.29 is 9.53 Å². The van der Waals surface area contributed by atoms with Gasteiger partial charge < -0.3 is 4.74 Å². The van der Waals surface area contributed by atoms with Gasteiger partial charge in [0.05, 0.1) is 6.26 Å². The Morgan fingerprint density at radius 1 is 1.29 bits per heavy atom. The highest BCUT2D eigenvalue weighted by Gasteiger charge is 1.83. The van der Waals surface area contributed by atoms with Gasteiger partial charge in [0, 0.05) is 11.6 Å². The minimum atomic E-state index is -0.856. The molecule has 0 aliphatic heterocycles. The van der Waals surface area contributed by atoms with E-state index in [2.05, 4.69) is 29.5 Å². The Balaban J connectivity index is 0.000000255. The lowest BCUT2D eigenvalue weighted by molar-refractivity contribution is 0.212. The molecule has 3 heteroatoms. The maximum atomic E-state index is 9.52. The molecule has 0 heterocycles. The van der Waals surface area contributed by atoms with Crippen molar-refractivity contribution in [3.63, 3.8) is 0 Å². The molecule has 0 saturated carbocycles. The standard InChI is InChI=1S/C8H8.C3H3ClO2/c1-2-8-6-4-3-5-7-8;1-2-6-3(4)5/h2-7H,1H2;2H,1H2. The van der Waals surface area contributed by atoms with Crippen LogP contribution in [0.1, 0.15) is 5.56 Å². The van der Waals surface area contributed by atoms with Gasteiger partial charge in [-0.05, 0) is 5.56 Å². The summed E-state index contributed by atoms with van der Waals surface area (Å²) < 4.78 is 3.93. The van der Waals surface area contributed by atoms with E-state index in [9.17, 15) is 4.79 Å². The second-order valence-electron chi connectivity index (χ2n) is 2.14. The predicted molar refractivity (Wildman–Crippen MR) is 59.1 cm³/mol. The molecule has 2 nitrogen and oxygen atoms in total. The van der Waals surface area contributed by atoms with E-state index in [4.69, 9.17) is 0 Å². The van der Waals surface area contributed by atoms with Crippen LogP contribution in [-0.2, 0) is 4.74 Å². The van der Waals surface area contributed by atoms with Crippen LogP contribution in [0, 0.1) is 0 Å². The smallest absolute Gasteiger partial charge is 0.408 e. The maximum Gasteiger partial charge on any atom is 0.408 e. The lowest BCUT2D eigenvalue weighted by Gasteiger charge is -1.85. The molecule has 1 aromatic carbocycles. The van der Waals surface area contributed by atoms with Gasteiger partial charge >= 0.3 is 5.43 Å². The van der Waals surface area contributed by atoms with E-state index >= 15 is 0 Å². The zero-order chi connectivity index (χ0) is 10.8. The van der Waals surface area contributed by atoms with E-state index in [0.29, 0.717) is 0 Å². The van der Waals surface area contributed by atoms with Crippen LogP contribution in [0.25, 0.3) is 6.08 Å². The van der Waals surface area contributed by atoms with Crippen LogP contribution in [0.4, 0.5) is 4.79 Å². The zero-order valence-corrected chi connectivity index (χ0v) is 8.41. The third-order valence-electron chi connectivity index (χ3n) is 1.21. The molecule has 0 fully saturated rings. The van der Waals surface area contributed by atoms with Gasteiger partial charge in [0.25, 0.3) is 0 Å². The van der Waals surface area contributed by atoms with Crippen LogP contribution in [-0.4, -0.2) is 5.43 Å². The number of hydrogen-bond acceptors (Lipinski definition) is 2. The lowest BCUT2D eigenvalue weighted by atomic mass is 10.2. The van der Waals surface area contributed by atoms with Crippen molar-refractivity contribution in [2.45, 2.75) is 0 Å². The topological polar surface area (TPSA) is 26.3 Å². The number of carbonyl (C=O) groups is 1. The molecule has 1 aromatic rings. The van der Waals surface area contributed by atoms with Crippen LogP contribution < -0.4 is 0 Å². The summed E-state index contributed by atoms with van der Waals surface area (Å²) in [5, 5.41) is 0. The molecule has 0 aliphatic rings. The summed E-state index contributed by atoms with van der Waals surface area (Å²) in [5.41, 5.74) is 0.317. The fourth-order valence-corrected chi connectivity index (χ4v) is 0.718. The van der Waals surface area contributed by atoms with Crippen molar-refractivity contribution in [1.29, 1.82) is 0 Å². The molecule has 0 spiro atoms. The number of carbonyl (C=O) groups excluding carboxylic acids is 1. The predicted octanol–water partition coefficient (Wildman–Crippen LogP) is 3.83. The van der Waals surface area contributed by atoms with E-state index in [1.54, 1.807) is 0 Å². The fraction of sp³-hybridized carbons (Fsp3) is 0. The van der Waals surface area contributed by atoms with Crippen LogP contribution in [0.3, 0.4) is 0 Å². The van der Waals surface area contributed by atoms with Crippen LogP contribution >= 0.6 is 11.6 Å². The highest BCUT2D eigenvalue weighted by atomic mass is 35.5. The van der Waals surface area contributed by atoms with Crippen molar-refractivity contribution in [2.75, 3.05) is 0 Å². The second-order valence-corrected chi connectivity index (χ2v) is 2.45. The minimum Gasteiger partial charge on any atom is -0.423 e. The molecule has 0 bridgehead atoms. The van der Waals surface area contributed by atoms with Gasteiger partial charge in [-0.25, -0.2) is 4.79 Å². The van der Waals surface area contributed by atoms with Crippen LogP contribution in [0.15, 0.2) is 49.8 Å². The average Bonchev–Trinajstić information content (AvgIpc) is 2.20. The summed E-state index contributed by atoms with van der Waals surface area (Å²) in [6.07, 6.45) is 2.80. The Kier molecular flexibility index (Phi) is 7.19. The quantitative estimate of drug-likeness (QED) is 0.548. The summed E-state index contributed by atoms with van der Waals surface area (Å²) in [4.78, 5) is 9.52. The molecular weight excluding hydrogens is 200 g/mol. The Bertz CT molecular complexity index is 293. The van der Waals surface area contributed by atoms with E-state index < -0.39 is 5.43 Å². The maximum absolute atomic E-state index is 9.52. The van der Waals surface area contributed by atoms with Gasteiger partial charge in [0.2, 0.25) is 0 Å². The van der Waals surface area contributed by atoms with Gasteiger partial charge in [-0.1, -0.05) is 49.6 Å². The summed E-state index contributed by atoms with van der Waals surface area (Å²) in [6, 6.07) is 10.0. The number of rotatable bonds is 2. The molecule has 1 rings (SSSR count). The number of ether oxygens (including phenoxy) is 1. The van der Waals surface area contributed by atoms with E-state index in [1.807, 2.05) is 36.4 Å². The monoisotopic (exact) mass is 210 g/mol. The first-order valence-electron chi connectivity index (χ1n) is 3.85. The molecule has 0 aliphatic carbocycles. The number of halogens is 1. The van der Waals surface area contributed by atoms with Crippen LogP contribution in [0.2, 0.25) is 0 Å². The molecule has 0 radical (unpaired) electrons. The minimum absolute atomic E-state index is 0.856. The summed E-state index contributed by atoms with van der Waals surface area (Å²) in [6.45, 7) is 6.70. The molecule has 0 amide bonds. The summed E-state index contributed by atoms with van der Waals surface area (Å²) in [5.74, 6) is 0. The first-order chi connectivity index (χ1) is 6.70. The molecular formula is C11H11ClO2. The molecule has 0 unspecified atom stereocenters. The Hall–Kier alpha value is -1.54. The van der Waals surface area contributed by atoms with Gasteiger partial charge in [0.1, 0.15) is 0 Å². The molecule has 0 N–H and O–H groups in total. The molecule has 0 atom stereocenters. The molecule has 0 aromatic heterocycles. The SMILES string of the molecule is C=COC(=O)Cl.C=Cc1ccccc1. The summed E-state index contributed by atoms with van der Waals surface area (Å²) >= 11 is 4.65. The third kappa shape index (κ3) is 7.13. The van der Waals surface area contributed by atoms with Crippen LogP contribution in [0.5, 0.6) is 0 Å². The van der Waals surface area contributed by atoms with Gasteiger partial charge in [-0.2, -0.15) is 0 Å². The van der Waals surface area contributed by atoms with E-state index in [0.717, 1.165) is 6.26 Å². The lowest BCUT2D eigenvalue weighted by Crippen LogP contribution is -1.79. The van der Waals surface area contributed by atoms with Crippen molar-refractivity contribution in [1.82, 2.24) is 0 Å². The molecule has 74 valence electrons. The van der Waals surface area contributed by atoms with Gasteiger partial charge in [-0.3, -0.25) is 0 Å². The van der Waals surface area contributed by atoms with Crippen molar-refractivity contribution in [3.05, 3.63) is 55.3 Å². The summed E-state index contributed by atoms with van der Waals surface area (Å²) in [7, 11) is 0. The number of benzene rings is 1. The largest absolute Gasteiger partial charge is 0.423 e. The zero-order valence-electron chi connectivity index (χ0n) is 7.65. The van der Waals surface area contributed by atoms with Crippen molar-refractivity contribution >= 4 is 23.1 Å². The highest BCUT2D eigenvalue weighted by molar-refractivity contribution is 6.61. The first kappa shape index (κ1) is 12.5. The average molecular weight is 211 g/mol. The van der Waals surface area contributed by atoms with E-state index in [-0.39, 0.29) is 0 Å². The Labute approximate surface area is 88.5 Å². The third-order valence-corrected chi connectivity index (χ3v) is 1.30. The van der Waals surface area contributed by atoms with Gasteiger partial charge in [0.15, 0.2) is 0 Å². The van der Waals surface area contributed by atoms with Gasteiger partial charge in [-0.15, -0.1) is 0 Å². The Morgan fingerprint density at radius 2 is 1.86 bits per heavy atom. The van der Waals surface area contributed by atoms with Crippen molar-refractivity contribution in [3.8, 4) is 0 Å². The normalized spacial score (nSPS) is 7.79. The number of hydrogen-bond donors (Lipinski definition) is 0. The molecule has 0 saturated heterocycles.